The molecule has 0 radical (unpaired) electrons. The van der Waals surface area contributed by atoms with Gasteiger partial charge in [0.1, 0.15) is 48.8 Å². The van der Waals surface area contributed by atoms with Gasteiger partial charge in [0.15, 0.2) is 12.6 Å². The van der Waals surface area contributed by atoms with Crippen molar-refractivity contribution < 1.29 is 70.0 Å². The van der Waals surface area contributed by atoms with E-state index in [1.54, 1.807) is 0 Å². The van der Waals surface area contributed by atoms with E-state index in [1.807, 2.05) is 34.6 Å². The van der Waals surface area contributed by atoms with E-state index < -0.39 is 120 Å². The highest BCUT2D eigenvalue weighted by Gasteiger charge is 2.73. The Morgan fingerprint density at radius 2 is 1.38 bits per heavy atom. The molecule has 2 saturated heterocycles. The predicted octanol–water partition coefficient (Wildman–Crippen LogP) is 1.12. The topological polar surface area (TPSA) is 239 Å². The second-order valence-corrected chi connectivity index (χ2v) is 20.3. The van der Waals surface area contributed by atoms with Crippen molar-refractivity contribution in [2.24, 2.45) is 45.3 Å². The first-order chi connectivity index (χ1) is 26.0. The summed E-state index contributed by atoms with van der Waals surface area (Å²) < 4.78 is 24.9. The summed E-state index contributed by atoms with van der Waals surface area (Å²) in [7, 11) is 0. The van der Waals surface area contributed by atoms with E-state index in [2.05, 4.69) is 26.8 Å². The molecule has 0 amide bonds. The number of rotatable bonds is 10. The summed E-state index contributed by atoms with van der Waals surface area (Å²) in [6, 6.07) is 0. The monoisotopic (exact) mass is 800 g/mol. The van der Waals surface area contributed by atoms with Gasteiger partial charge < -0.3 is 70.0 Å². The Balaban J connectivity index is 1.38. The van der Waals surface area contributed by atoms with Crippen molar-refractivity contribution in [1.29, 1.82) is 0 Å². The normalized spacial score (nSPS) is 52.6. The van der Waals surface area contributed by atoms with Crippen LogP contribution >= 0.6 is 0 Å². The Morgan fingerprint density at radius 1 is 0.768 bits per heavy atom. The van der Waals surface area contributed by atoms with Crippen LogP contribution in [-0.4, -0.2) is 150 Å². The lowest BCUT2D eigenvalue weighted by molar-refractivity contribution is -0.383. The molecule has 0 aromatic carbocycles. The molecular formula is C42H72O14. The van der Waals surface area contributed by atoms with E-state index >= 15 is 0 Å². The third-order valence-electron chi connectivity index (χ3n) is 16.5. The second-order valence-electron chi connectivity index (χ2n) is 20.3. The zero-order chi connectivity index (χ0) is 41.5. The first-order valence-corrected chi connectivity index (χ1v) is 21.0. The minimum Gasteiger partial charge on any atom is -0.394 e. The van der Waals surface area contributed by atoms with Crippen molar-refractivity contribution in [2.45, 2.75) is 192 Å². The average Bonchev–Trinajstić information content (AvgIpc) is 3.51. The van der Waals surface area contributed by atoms with Gasteiger partial charge in [-0.1, -0.05) is 46.3 Å². The summed E-state index contributed by atoms with van der Waals surface area (Å²) in [5, 5.41) is 110. The molecule has 56 heavy (non-hydrogen) atoms. The number of allylic oxidation sites excluding steroid dienone is 2. The van der Waals surface area contributed by atoms with Gasteiger partial charge >= 0.3 is 0 Å². The molecule has 0 bridgehead atoms. The van der Waals surface area contributed by atoms with E-state index in [4.69, 9.17) is 18.9 Å². The fourth-order valence-corrected chi connectivity index (χ4v) is 13.4. The minimum atomic E-state index is -1.81. The Bertz CT molecular complexity index is 1400. The maximum atomic E-state index is 12.3. The summed E-state index contributed by atoms with van der Waals surface area (Å²) in [6.07, 6.45) is -10.6. The van der Waals surface area contributed by atoms with Crippen molar-refractivity contribution in [3.8, 4) is 0 Å². The van der Waals surface area contributed by atoms with Crippen LogP contribution < -0.4 is 0 Å². The standard InChI is InChI=1S/C42H72O14/c1-20(2)10-9-13-42(8,52)21-11-15-40(6)28(21)22(45)16-26-39(5)14-12-27(46)38(3,4)35(39)23(17-41(26,40)7)53-37-34(32(50)30(48)25(19-44)55-37)56-36-33(51)31(49)29(47)24(18-43)54-36/h10,21-37,43-52H,9,11-19H2,1-8H3/t21-,22-,23-,24+,25+,26+,27-,28-,29+,30+,31-,32-,33+,34+,35-,36-,37+,39+,40-,41+,42-/m0/s1. The number of aliphatic hydroxyl groups excluding tert-OH is 9. The lowest BCUT2D eigenvalue weighted by Gasteiger charge is -2.72. The smallest absolute Gasteiger partial charge is 0.187 e. The highest BCUT2D eigenvalue weighted by molar-refractivity contribution is 5.22. The van der Waals surface area contributed by atoms with E-state index in [-0.39, 0.29) is 23.7 Å². The van der Waals surface area contributed by atoms with E-state index in [9.17, 15) is 51.1 Å². The number of aliphatic hydroxyl groups is 10. The lowest BCUT2D eigenvalue weighted by Crippen LogP contribution is -2.71. The van der Waals surface area contributed by atoms with Crippen molar-refractivity contribution in [3.05, 3.63) is 11.6 Å². The van der Waals surface area contributed by atoms with Crippen LogP contribution in [0.15, 0.2) is 11.6 Å². The van der Waals surface area contributed by atoms with Crippen LogP contribution in [0, 0.1) is 45.3 Å². The maximum absolute atomic E-state index is 12.3. The van der Waals surface area contributed by atoms with Gasteiger partial charge in [-0.2, -0.15) is 0 Å². The van der Waals surface area contributed by atoms with Crippen molar-refractivity contribution in [1.82, 2.24) is 0 Å². The van der Waals surface area contributed by atoms with E-state index in [0.717, 1.165) is 19.3 Å². The molecule has 0 aromatic heterocycles. The van der Waals surface area contributed by atoms with Crippen LogP contribution in [0.25, 0.3) is 0 Å². The van der Waals surface area contributed by atoms with E-state index in [0.29, 0.717) is 32.1 Å². The molecule has 2 aliphatic heterocycles. The number of hydrogen-bond donors (Lipinski definition) is 10. The molecule has 6 aliphatic rings. The van der Waals surface area contributed by atoms with Crippen LogP contribution in [0.1, 0.15) is 107 Å². The molecule has 0 unspecified atom stereocenters. The largest absolute Gasteiger partial charge is 0.394 e. The minimum absolute atomic E-state index is 0.0169. The Labute approximate surface area is 331 Å². The third-order valence-corrected chi connectivity index (χ3v) is 16.5. The van der Waals surface area contributed by atoms with Crippen LogP contribution in [0.3, 0.4) is 0 Å². The first kappa shape index (κ1) is 44.7. The summed E-state index contributed by atoms with van der Waals surface area (Å²) in [5.74, 6) is -0.623. The molecule has 2 heterocycles. The van der Waals surface area contributed by atoms with Crippen molar-refractivity contribution in [2.75, 3.05) is 13.2 Å². The summed E-state index contributed by atoms with van der Waals surface area (Å²) in [4.78, 5) is 0. The van der Waals surface area contributed by atoms with Gasteiger partial charge in [-0.25, -0.2) is 0 Å². The Morgan fingerprint density at radius 3 is 1.98 bits per heavy atom. The molecule has 6 rings (SSSR count). The van der Waals surface area contributed by atoms with Crippen LogP contribution in [-0.2, 0) is 18.9 Å². The molecule has 4 saturated carbocycles. The lowest BCUT2D eigenvalue weighted by atomic mass is 9.34. The highest BCUT2D eigenvalue weighted by Crippen LogP contribution is 2.76. The van der Waals surface area contributed by atoms with Gasteiger partial charge in [0.05, 0.1) is 37.1 Å². The number of ether oxygens (including phenoxy) is 4. The SMILES string of the molecule is CC(C)=CCC[C@](C)(O)[C@H]1CC[C@@]2(C)[C@@H]1[C@@H](O)C[C@@H]1[C@@]3(C)CC[C@H](O)C(C)(C)[C@@H]3[C@@H](O[C@@H]3O[C@H](CO)[C@@H](O)[C@H](O)[C@H]3O[C@@H]3O[C@H](CO)[C@@H](O)[C@H](O)[C@H]3O)C[C@]12C. The maximum Gasteiger partial charge on any atom is 0.187 e. The molecule has 10 N–H and O–H groups in total. The van der Waals surface area contributed by atoms with Gasteiger partial charge in [0.2, 0.25) is 0 Å². The van der Waals surface area contributed by atoms with Gasteiger partial charge in [-0.05, 0) is 117 Å². The van der Waals surface area contributed by atoms with E-state index in [1.165, 1.54) is 5.57 Å². The van der Waals surface area contributed by atoms with Gasteiger partial charge in [0, 0.05) is 0 Å². The van der Waals surface area contributed by atoms with Crippen LogP contribution in [0.5, 0.6) is 0 Å². The second kappa shape index (κ2) is 15.9. The number of hydrogen-bond acceptors (Lipinski definition) is 14. The zero-order valence-electron chi connectivity index (χ0n) is 34.6. The first-order valence-electron chi connectivity index (χ1n) is 21.0. The van der Waals surface area contributed by atoms with Crippen molar-refractivity contribution in [3.63, 3.8) is 0 Å². The Kier molecular flexibility index (Phi) is 12.7. The molecule has 324 valence electrons. The Hall–Kier alpha value is -0.820. The average molecular weight is 801 g/mol. The predicted molar refractivity (Wildman–Crippen MR) is 202 cm³/mol. The van der Waals surface area contributed by atoms with Crippen LogP contribution in [0.2, 0.25) is 0 Å². The molecule has 14 heteroatoms. The number of fused-ring (bicyclic) bond motifs is 5. The molecule has 0 aromatic rings. The molecule has 14 nitrogen and oxygen atoms in total. The van der Waals surface area contributed by atoms with Crippen molar-refractivity contribution >= 4 is 0 Å². The fraction of sp³-hybridized carbons (Fsp3) is 0.952. The zero-order valence-corrected chi connectivity index (χ0v) is 34.6. The highest BCUT2D eigenvalue weighted by atomic mass is 16.8. The summed E-state index contributed by atoms with van der Waals surface area (Å²) >= 11 is 0. The molecule has 4 aliphatic carbocycles. The van der Waals surface area contributed by atoms with Crippen LogP contribution in [0.4, 0.5) is 0 Å². The summed E-state index contributed by atoms with van der Waals surface area (Å²) in [5.41, 5.74) is -1.85. The fourth-order valence-electron chi connectivity index (χ4n) is 13.4. The molecule has 6 fully saturated rings. The molecule has 21 atom stereocenters. The molecular weight excluding hydrogens is 728 g/mol. The van der Waals surface area contributed by atoms with Gasteiger partial charge in [-0.3, -0.25) is 0 Å². The molecule has 0 spiro atoms. The third kappa shape index (κ3) is 7.16. The van der Waals surface area contributed by atoms with Gasteiger partial charge in [-0.15, -0.1) is 0 Å². The van der Waals surface area contributed by atoms with Gasteiger partial charge in [0.25, 0.3) is 0 Å². The quantitative estimate of drug-likeness (QED) is 0.110. The summed E-state index contributed by atoms with van der Waals surface area (Å²) in [6.45, 7) is 15.5.